The quantitative estimate of drug-likeness (QED) is 0.319. The van der Waals surface area contributed by atoms with Crippen LogP contribution in [0.4, 0.5) is 0 Å². The van der Waals surface area contributed by atoms with Crippen molar-refractivity contribution >= 4 is 17.4 Å². The maximum atomic E-state index is 13.4. The molecule has 0 spiro atoms. The average Bonchev–Trinajstić information content (AvgIpc) is 3.17. The lowest BCUT2D eigenvalue weighted by atomic mass is 9.94. The molecule has 2 aromatic carbocycles. The Morgan fingerprint density at radius 2 is 1.86 bits per heavy atom. The number of ether oxygens (including phenoxy) is 4. The number of amides is 1. The van der Waals surface area contributed by atoms with Crippen LogP contribution in [-0.4, -0.2) is 54.1 Å². The van der Waals surface area contributed by atoms with E-state index in [0.717, 1.165) is 5.56 Å². The lowest BCUT2D eigenvalue weighted by Crippen LogP contribution is -2.29. The first kappa shape index (κ1) is 23.2. The molecule has 1 unspecified atom stereocenters. The Labute approximate surface area is 207 Å². The van der Waals surface area contributed by atoms with Crippen LogP contribution in [-0.2, 0) is 16.1 Å². The van der Waals surface area contributed by atoms with Crippen molar-refractivity contribution in [2.24, 2.45) is 0 Å². The Balaban J connectivity index is 1.69. The van der Waals surface area contributed by atoms with Crippen LogP contribution in [0.1, 0.15) is 22.7 Å². The second kappa shape index (κ2) is 9.61. The summed E-state index contributed by atoms with van der Waals surface area (Å²) in [4.78, 5) is 32.2. The number of ketones is 1. The number of benzene rings is 2. The average molecular weight is 488 g/mol. The minimum atomic E-state index is -0.941. The number of hydrogen-bond acceptors (Lipinski definition) is 8. The SMILES string of the molecule is COc1cccc(C2C(=C(O)c3ccc4c(c3)OCCO4)C(=O)C(=O)N2Cc2cccnc2)c1OC. The lowest BCUT2D eigenvalue weighted by molar-refractivity contribution is -0.140. The standard InChI is InChI=1S/C27H24N2O7/c1-33-20-7-3-6-18(26(20)34-2)23-22(24(30)17-8-9-19-21(13-17)36-12-11-35-19)25(31)27(32)29(23)15-16-5-4-10-28-14-16/h3-10,13-14,23,30H,11-12,15H2,1-2H3. The van der Waals surface area contributed by atoms with Crippen LogP contribution in [0.25, 0.3) is 5.76 Å². The Morgan fingerprint density at radius 3 is 2.58 bits per heavy atom. The third-order valence-corrected chi connectivity index (χ3v) is 6.16. The van der Waals surface area contributed by atoms with Crippen molar-refractivity contribution in [3.63, 3.8) is 0 Å². The van der Waals surface area contributed by atoms with Gasteiger partial charge in [0.15, 0.2) is 23.0 Å². The number of methoxy groups -OCH3 is 2. The molecular weight excluding hydrogens is 464 g/mol. The molecule has 2 aliphatic heterocycles. The zero-order chi connectivity index (χ0) is 25.2. The fraction of sp³-hybridized carbons (Fsp3) is 0.222. The van der Waals surface area contributed by atoms with E-state index in [0.29, 0.717) is 47.3 Å². The summed E-state index contributed by atoms with van der Waals surface area (Å²) < 4.78 is 22.3. The van der Waals surface area contributed by atoms with Gasteiger partial charge in [0.1, 0.15) is 19.0 Å². The normalized spacial score (nSPS) is 18.3. The summed E-state index contributed by atoms with van der Waals surface area (Å²) in [6.07, 6.45) is 3.25. The van der Waals surface area contributed by atoms with E-state index in [2.05, 4.69) is 4.98 Å². The van der Waals surface area contributed by atoms with E-state index in [1.54, 1.807) is 54.9 Å². The molecule has 5 rings (SSSR count). The van der Waals surface area contributed by atoms with E-state index in [1.165, 1.54) is 19.1 Å². The van der Waals surface area contributed by atoms with Crippen LogP contribution < -0.4 is 18.9 Å². The van der Waals surface area contributed by atoms with Crippen LogP contribution >= 0.6 is 0 Å². The Morgan fingerprint density at radius 1 is 1.06 bits per heavy atom. The first-order valence-corrected chi connectivity index (χ1v) is 11.3. The highest BCUT2D eigenvalue weighted by Gasteiger charge is 2.47. The summed E-state index contributed by atoms with van der Waals surface area (Å²) >= 11 is 0. The second-order valence-corrected chi connectivity index (χ2v) is 8.23. The topological polar surface area (TPSA) is 107 Å². The number of pyridine rings is 1. The molecule has 184 valence electrons. The molecule has 1 amide bonds. The molecule has 1 fully saturated rings. The number of Topliss-reactive ketones (excluding diaryl/α,β-unsaturated/α-hetero) is 1. The molecule has 1 saturated heterocycles. The molecule has 3 heterocycles. The summed E-state index contributed by atoms with van der Waals surface area (Å²) in [6.45, 7) is 0.891. The third-order valence-electron chi connectivity index (χ3n) is 6.16. The lowest BCUT2D eigenvalue weighted by Gasteiger charge is -2.27. The summed E-state index contributed by atoms with van der Waals surface area (Å²) in [5.41, 5.74) is 1.49. The van der Waals surface area contributed by atoms with Gasteiger partial charge in [-0.05, 0) is 35.9 Å². The van der Waals surface area contributed by atoms with Gasteiger partial charge >= 0.3 is 0 Å². The molecular formula is C27H24N2O7. The molecule has 1 N–H and O–H groups in total. The predicted octanol–water partition coefficient (Wildman–Crippen LogP) is 3.49. The van der Waals surface area contributed by atoms with Crippen molar-refractivity contribution in [2.75, 3.05) is 27.4 Å². The van der Waals surface area contributed by atoms with Gasteiger partial charge in [-0.25, -0.2) is 0 Å². The zero-order valence-electron chi connectivity index (χ0n) is 19.8. The first-order valence-electron chi connectivity index (χ1n) is 11.3. The number of hydrogen-bond donors (Lipinski definition) is 1. The number of carbonyl (C=O) groups is 2. The van der Waals surface area contributed by atoms with E-state index in [1.807, 2.05) is 6.07 Å². The van der Waals surface area contributed by atoms with E-state index in [4.69, 9.17) is 18.9 Å². The number of likely N-dealkylation sites (tertiary alicyclic amines) is 1. The Bertz CT molecular complexity index is 1350. The largest absolute Gasteiger partial charge is 0.507 e. The number of carbonyl (C=O) groups excluding carboxylic acids is 2. The highest BCUT2D eigenvalue weighted by Crippen LogP contribution is 2.46. The minimum Gasteiger partial charge on any atom is -0.507 e. The van der Waals surface area contributed by atoms with Crippen molar-refractivity contribution in [3.8, 4) is 23.0 Å². The fourth-order valence-corrected chi connectivity index (χ4v) is 4.53. The molecule has 9 nitrogen and oxygen atoms in total. The van der Waals surface area contributed by atoms with Crippen LogP contribution in [0.15, 0.2) is 66.5 Å². The van der Waals surface area contributed by atoms with Crippen LogP contribution in [0.5, 0.6) is 23.0 Å². The van der Waals surface area contributed by atoms with Crippen molar-refractivity contribution in [1.29, 1.82) is 0 Å². The molecule has 36 heavy (non-hydrogen) atoms. The van der Waals surface area contributed by atoms with Gasteiger partial charge in [-0.3, -0.25) is 14.6 Å². The van der Waals surface area contributed by atoms with Gasteiger partial charge in [-0.1, -0.05) is 18.2 Å². The number of nitrogens with zero attached hydrogens (tertiary/aromatic N) is 2. The predicted molar refractivity (Wildman–Crippen MR) is 129 cm³/mol. The highest BCUT2D eigenvalue weighted by atomic mass is 16.6. The summed E-state index contributed by atoms with van der Waals surface area (Å²) in [5, 5.41) is 11.4. The van der Waals surface area contributed by atoms with Gasteiger partial charge in [-0.2, -0.15) is 0 Å². The monoisotopic (exact) mass is 488 g/mol. The first-order chi connectivity index (χ1) is 17.5. The number of fused-ring (bicyclic) bond motifs is 1. The van der Waals surface area contributed by atoms with Gasteiger partial charge in [0.25, 0.3) is 11.7 Å². The summed E-state index contributed by atoms with van der Waals surface area (Å²) in [5.74, 6) is -0.0912. The van der Waals surface area contributed by atoms with Gasteiger partial charge in [0, 0.05) is 30.1 Å². The van der Waals surface area contributed by atoms with E-state index in [9.17, 15) is 14.7 Å². The van der Waals surface area contributed by atoms with Gasteiger partial charge in [0.05, 0.1) is 25.8 Å². The van der Waals surface area contributed by atoms with Crippen LogP contribution in [0.3, 0.4) is 0 Å². The molecule has 0 radical (unpaired) electrons. The molecule has 2 aliphatic rings. The number of aliphatic hydroxyl groups is 1. The molecule has 0 bridgehead atoms. The van der Waals surface area contributed by atoms with E-state index >= 15 is 0 Å². The minimum absolute atomic E-state index is 0.0629. The molecule has 3 aromatic rings. The smallest absolute Gasteiger partial charge is 0.295 e. The maximum absolute atomic E-state index is 13.4. The van der Waals surface area contributed by atoms with Crippen LogP contribution in [0, 0.1) is 0 Å². The second-order valence-electron chi connectivity index (χ2n) is 8.23. The zero-order valence-corrected chi connectivity index (χ0v) is 19.8. The molecule has 9 heteroatoms. The highest BCUT2D eigenvalue weighted by molar-refractivity contribution is 6.46. The summed E-state index contributed by atoms with van der Waals surface area (Å²) in [7, 11) is 2.98. The fourth-order valence-electron chi connectivity index (χ4n) is 4.53. The molecule has 0 aliphatic carbocycles. The number of para-hydroxylation sites is 1. The third kappa shape index (κ3) is 3.98. The Kier molecular flexibility index (Phi) is 6.20. The van der Waals surface area contributed by atoms with Gasteiger partial charge in [-0.15, -0.1) is 0 Å². The van der Waals surface area contributed by atoms with E-state index < -0.39 is 17.7 Å². The Hall–Kier alpha value is -4.53. The van der Waals surface area contributed by atoms with Crippen molar-refractivity contribution < 1.29 is 33.6 Å². The van der Waals surface area contributed by atoms with Gasteiger partial charge in [0.2, 0.25) is 0 Å². The van der Waals surface area contributed by atoms with Crippen molar-refractivity contribution in [3.05, 3.63) is 83.2 Å². The number of rotatable bonds is 6. The molecule has 1 aromatic heterocycles. The molecule has 0 saturated carbocycles. The van der Waals surface area contributed by atoms with Gasteiger partial charge < -0.3 is 29.0 Å². The van der Waals surface area contributed by atoms with Crippen molar-refractivity contribution in [2.45, 2.75) is 12.6 Å². The maximum Gasteiger partial charge on any atom is 0.295 e. The summed E-state index contributed by atoms with van der Waals surface area (Å²) in [6, 6.07) is 12.7. The van der Waals surface area contributed by atoms with Crippen LogP contribution in [0.2, 0.25) is 0 Å². The van der Waals surface area contributed by atoms with E-state index in [-0.39, 0.29) is 17.9 Å². The number of aromatic nitrogens is 1. The van der Waals surface area contributed by atoms with Crippen molar-refractivity contribution in [1.82, 2.24) is 9.88 Å². The number of aliphatic hydroxyl groups excluding tert-OH is 1. The molecule has 1 atom stereocenters.